The van der Waals surface area contributed by atoms with Crippen LogP contribution < -0.4 is 0 Å². The standard InChI is InChI=1S/C18H29N3O3S2/c1-15-12-21(13-16(2)24-15)26(22,23)20-10-8-19(9-11-20)14-17-4-6-18(25-3)7-5-17/h4-7,15-16H,8-14H2,1-3H3. The maximum absolute atomic E-state index is 12.9. The molecule has 2 atom stereocenters. The molecular weight excluding hydrogens is 370 g/mol. The van der Waals surface area contributed by atoms with E-state index < -0.39 is 10.2 Å². The molecule has 1 aromatic rings. The van der Waals surface area contributed by atoms with Crippen molar-refractivity contribution >= 4 is 22.0 Å². The van der Waals surface area contributed by atoms with Crippen LogP contribution in [0.1, 0.15) is 19.4 Å². The van der Waals surface area contributed by atoms with Crippen LogP contribution >= 0.6 is 11.8 Å². The van der Waals surface area contributed by atoms with Crippen LogP contribution in [0.25, 0.3) is 0 Å². The van der Waals surface area contributed by atoms with Crippen LogP contribution in [0.3, 0.4) is 0 Å². The smallest absolute Gasteiger partial charge is 0.282 e. The minimum atomic E-state index is -3.40. The maximum Gasteiger partial charge on any atom is 0.282 e. The topological polar surface area (TPSA) is 53.1 Å². The number of rotatable bonds is 5. The summed E-state index contributed by atoms with van der Waals surface area (Å²) in [5, 5.41) is 0. The maximum atomic E-state index is 12.9. The van der Waals surface area contributed by atoms with Gasteiger partial charge in [-0.05, 0) is 37.8 Å². The second-order valence-corrected chi connectivity index (χ2v) is 9.91. The third kappa shape index (κ3) is 4.79. The Kier molecular flexibility index (Phi) is 6.63. The number of benzene rings is 1. The molecule has 1 aromatic carbocycles. The van der Waals surface area contributed by atoms with Crippen molar-refractivity contribution in [2.45, 2.75) is 37.5 Å². The number of nitrogens with zero attached hydrogens (tertiary/aromatic N) is 3. The van der Waals surface area contributed by atoms with Crippen molar-refractivity contribution in [1.29, 1.82) is 0 Å². The van der Waals surface area contributed by atoms with Crippen molar-refractivity contribution in [1.82, 2.24) is 13.5 Å². The molecule has 2 fully saturated rings. The van der Waals surface area contributed by atoms with E-state index in [4.69, 9.17) is 4.74 Å². The molecule has 2 unspecified atom stereocenters. The van der Waals surface area contributed by atoms with Crippen LogP contribution in [-0.2, 0) is 21.5 Å². The normalized spacial score (nSPS) is 26.9. The summed E-state index contributed by atoms with van der Waals surface area (Å²) in [6.45, 7) is 8.23. The fourth-order valence-electron chi connectivity index (χ4n) is 3.59. The van der Waals surface area contributed by atoms with E-state index in [1.165, 1.54) is 10.5 Å². The van der Waals surface area contributed by atoms with Crippen molar-refractivity contribution in [3.05, 3.63) is 29.8 Å². The molecule has 8 heteroatoms. The lowest BCUT2D eigenvalue weighted by Crippen LogP contribution is -2.56. The molecule has 3 rings (SSSR count). The van der Waals surface area contributed by atoms with E-state index in [0.717, 1.165) is 19.6 Å². The van der Waals surface area contributed by atoms with E-state index in [1.807, 2.05) is 13.8 Å². The molecule has 0 amide bonds. The number of thioether (sulfide) groups is 1. The van der Waals surface area contributed by atoms with Crippen LogP contribution in [0, 0.1) is 0 Å². The lowest BCUT2D eigenvalue weighted by atomic mass is 10.2. The first-order valence-electron chi connectivity index (χ1n) is 9.14. The molecule has 2 saturated heterocycles. The van der Waals surface area contributed by atoms with Gasteiger partial charge in [0.25, 0.3) is 10.2 Å². The van der Waals surface area contributed by atoms with Gasteiger partial charge in [-0.15, -0.1) is 11.8 Å². The molecule has 0 saturated carbocycles. The highest BCUT2D eigenvalue weighted by Crippen LogP contribution is 2.20. The van der Waals surface area contributed by atoms with Gasteiger partial charge in [-0.1, -0.05) is 12.1 Å². The molecule has 0 aliphatic carbocycles. The Labute approximate surface area is 161 Å². The van der Waals surface area contributed by atoms with Gasteiger partial charge in [-0.3, -0.25) is 4.90 Å². The number of hydrogen-bond acceptors (Lipinski definition) is 5. The monoisotopic (exact) mass is 399 g/mol. The minimum absolute atomic E-state index is 0.0564. The minimum Gasteiger partial charge on any atom is -0.373 e. The Balaban J connectivity index is 1.55. The number of morpholine rings is 1. The molecule has 2 aliphatic heterocycles. The molecular formula is C18H29N3O3S2. The number of ether oxygens (including phenoxy) is 1. The highest BCUT2D eigenvalue weighted by molar-refractivity contribution is 7.98. The van der Waals surface area contributed by atoms with E-state index in [2.05, 4.69) is 35.4 Å². The van der Waals surface area contributed by atoms with Crippen molar-refractivity contribution in [3.8, 4) is 0 Å². The van der Waals surface area contributed by atoms with Crippen LogP contribution in [-0.4, -0.2) is 79.7 Å². The number of piperazine rings is 1. The van der Waals surface area contributed by atoms with Gasteiger partial charge in [0.1, 0.15) is 0 Å². The molecule has 6 nitrogen and oxygen atoms in total. The van der Waals surface area contributed by atoms with Crippen molar-refractivity contribution in [2.75, 3.05) is 45.5 Å². The lowest BCUT2D eigenvalue weighted by Gasteiger charge is -2.40. The van der Waals surface area contributed by atoms with Gasteiger partial charge in [0.2, 0.25) is 0 Å². The van der Waals surface area contributed by atoms with Gasteiger partial charge in [0.15, 0.2) is 0 Å². The van der Waals surface area contributed by atoms with Crippen LogP contribution in [0.5, 0.6) is 0 Å². The highest BCUT2D eigenvalue weighted by Gasteiger charge is 2.36. The molecule has 146 valence electrons. The summed E-state index contributed by atoms with van der Waals surface area (Å²) >= 11 is 1.74. The summed E-state index contributed by atoms with van der Waals surface area (Å²) in [5.74, 6) is 0. The lowest BCUT2D eigenvalue weighted by molar-refractivity contribution is -0.0457. The fourth-order valence-corrected chi connectivity index (χ4v) is 5.75. The second-order valence-electron chi connectivity index (χ2n) is 7.11. The van der Waals surface area contributed by atoms with Gasteiger partial charge in [0, 0.05) is 50.7 Å². The van der Waals surface area contributed by atoms with E-state index in [0.29, 0.717) is 26.2 Å². The van der Waals surface area contributed by atoms with Gasteiger partial charge < -0.3 is 4.74 Å². The quantitative estimate of drug-likeness (QED) is 0.708. The second kappa shape index (κ2) is 8.58. The van der Waals surface area contributed by atoms with E-state index in [9.17, 15) is 8.42 Å². The molecule has 0 aromatic heterocycles. The molecule has 2 aliphatic rings. The Hall–Kier alpha value is -0.640. The van der Waals surface area contributed by atoms with E-state index in [1.54, 1.807) is 20.4 Å². The predicted molar refractivity (Wildman–Crippen MR) is 106 cm³/mol. The predicted octanol–water partition coefficient (Wildman–Crippen LogP) is 1.88. The summed E-state index contributed by atoms with van der Waals surface area (Å²) in [4.78, 5) is 3.59. The Bertz CT molecular complexity index is 678. The summed E-state index contributed by atoms with van der Waals surface area (Å²) in [6, 6.07) is 8.60. The molecule has 0 bridgehead atoms. The van der Waals surface area contributed by atoms with Gasteiger partial charge >= 0.3 is 0 Å². The van der Waals surface area contributed by atoms with Crippen molar-refractivity contribution < 1.29 is 13.2 Å². The third-order valence-electron chi connectivity index (χ3n) is 4.94. The first-order chi connectivity index (χ1) is 12.4. The SMILES string of the molecule is CSc1ccc(CN2CCN(S(=O)(=O)N3CC(C)OC(C)C3)CC2)cc1. The van der Waals surface area contributed by atoms with Crippen molar-refractivity contribution in [2.24, 2.45) is 0 Å². The highest BCUT2D eigenvalue weighted by atomic mass is 32.2. The zero-order chi connectivity index (χ0) is 18.7. The van der Waals surface area contributed by atoms with Crippen LogP contribution in [0.15, 0.2) is 29.2 Å². The van der Waals surface area contributed by atoms with Gasteiger partial charge in [0.05, 0.1) is 12.2 Å². The largest absolute Gasteiger partial charge is 0.373 e. The summed E-state index contributed by atoms with van der Waals surface area (Å²) in [5.41, 5.74) is 1.27. The number of hydrogen-bond donors (Lipinski definition) is 0. The molecule has 26 heavy (non-hydrogen) atoms. The van der Waals surface area contributed by atoms with E-state index in [-0.39, 0.29) is 12.2 Å². The first-order valence-corrected chi connectivity index (χ1v) is 11.8. The molecule has 0 spiro atoms. The zero-order valence-electron chi connectivity index (χ0n) is 15.8. The summed E-state index contributed by atoms with van der Waals surface area (Å²) < 4.78 is 34.8. The first kappa shape index (κ1) is 20.1. The molecule has 0 radical (unpaired) electrons. The van der Waals surface area contributed by atoms with Crippen LogP contribution in [0.4, 0.5) is 0 Å². The van der Waals surface area contributed by atoms with Gasteiger partial charge in [-0.25, -0.2) is 0 Å². The Morgan fingerprint density at radius 2 is 1.58 bits per heavy atom. The Morgan fingerprint density at radius 1 is 1.00 bits per heavy atom. The van der Waals surface area contributed by atoms with Gasteiger partial charge in [-0.2, -0.15) is 17.0 Å². The Morgan fingerprint density at radius 3 is 2.12 bits per heavy atom. The van der Waals surface area contributed by atoms with Crippen molar-refractivity contribution in [3.63, 3.8) is 0 Å². The molecule has 2 heterocycles. The average Bonchev–Trinajstić information content (AvgIpc) is 2.62. The van der Waals surface area contributed by atoms with Crippen LogP contribution in [0.2, 0.25) is 0 Å². The average molecular weight is 400 g/mol. The summed E-state index contributed by atoms with van der Waals surface area (Å²) in [7, 11) is -3.40. The van der Waals surface area contributed by atoms with E-state index >= 15 is 0 Å². The zero-order valence-corrected chi connectivity index (χ0v) is 17.4. The molecule has 0 N–H and O–H groups in total. The summed E-state index contributed by atoms with van der Waals surface area (Å²) in [6.07, 6.45) is 1.96. The third-order valence-corrected chi connectivity index (χ3v) is 7.65. The fraction of sp³-hybridized carbons (Fsp3) is 0.667.